The molecule has 2 atom stereocenters. The van der Waals surface area contributed by atoms with Crippen molar-refractivity contribution in [1.82, 2.24) is 0 Å². The molecule has 1 aromatic rings. The van der Waals surface area contributed by atoms with Crippen molar-refractivity contribution in [3.63, 3.8) is 0 Å². The normalized spacial score (nSPS) is 13.6. The van der Waals surface area contributed by atoms with Crippen LogP contribution in [0.5, 0.6) is 5.75 Å². The molecule has 0 saturated carbocycles. The number of hydrogen-bond donors (Lipinski definition) is 1. The Labute approximate surface area is 253 Å². The van der Waals surface area contributed by atoms with E-state index in [1.165, 1.54) is 56.4 Å². The fourth-order valence-corrected chi connectivity index (χ4v) is 4.28. The van der Waals surface area contributed by atoms with Crippen LogP contribution in [0.4, 0.5) is 10.5 Å². The number of carbonyl (C=O) groups excluding carboxylic acids is 2. The van der Waals surface area contributed by atoms with Crippen molar-refractivity contribution in [3.8, 4) is 5.75 Å². The van der Waals surface area contributed by atoms with E-state index in [0.717, 1.165) is 19.3 Å². The maximum absolute atomic E-state index is 12.4. The van der Waals surface area contributed by atoms with Crippen molar-refractivity contribution in [2.24, 2.45) is 0 Å². The molecule has 0 aliphatic carbocycles. The SMILES string of the molecule is CCCCCCCCCCOCC(COP(=O)(O)OCC[N+](C)(C)C)OC(=O)CCOC(=O)Oc1ccc([N+](=O)[O-])cc1. The predicted molar refractivity (Wildman–Crippen MR) is 158 cm³/mol. The van der Waals surface area contributed by atoms with Crippen LogP contribution in [0.1, 0.15) is 64.7 Å². The summed E-state index contributed by atoms with van der Waals surface area (Å²) in [4.78, 5) is 44.4. The fourth-order valence-electron chi connectivity index (χ4n) is 3.54. The molecule has 0 spiro atoms. The molecule has 14 nitrogen and oxygen atoms in total. The summed E-state index contributed by atoms with van der Waals surface area (Å²) in [6.45, 7) is 2.20. The lowest BCUT2D eigenvalue weighted by molar-refractivity contribution is -0.870. The highest BCUT2D eigenvalue weighted by Crippen LogP contribution is 2.43. The number of esters is 1. The Hall–Kier alpha value is -2.61. The summed E-state index contributed by atoms with van der Waals surface area (Å²) in [7, 11) is 1.32. The molecule has 0 fully saturated rings. The number of nitro groups is 1. The topological polar surface area (TPSA) is 170 Å². The predicted octanol–water partition coefficient (Wildman–Crippen LogP) is 5.41. The van der Waals surface area contributed by atoms with Crippen molar-refractivity contribution >= 4 is 25.6 Å². The minimum absolute atomic E-state index is 0.00993. The number of hydrogen-bond acceptors (Lipinski definition) is 11. The number of quaternary nitrogens is 1. The molecule has 0 bridgehead atoms. The first-order valence-electron chi connectivity index (χ1n) is 14.6. The summed E-state index contributed by atoms with van der Waals surface area (Å²) in [5.74, 6) is -0.729. The van der Waals surface area contributed by atoms with E-state index >= 15 is 0 Å². The summed E-state index contributed by atoms with van der Waals surface area (Å²) >= 11 is 0. The number of phosphoric ester groups is 1. The van der Waals surface area contributed by atoms with Crippen LogP contribution in [0.25, 0.3) is 0 Å². The van der Waals surface area contributed by atoms with Crippen molar-refractivity contribution < 1.29 is 56.4 Å². The van der Waals surface area contributed by atoms with Gasteiger partial charge in [-0.15, -0.1) is 0 Å². The van der Waals surface area contributed by atoms with Crippen molar-refractivity contribution in [3.05, 3.63) is 34.4 Å². The smallest absolute Gasteiger partial charge is 0.457 e. The van der Waals surface area contributed by atoms with E-state index in [-0.39, 0.29) is 37.7 Å². The number of nitro benzene ring substituents is 1. The summed E-state index contributed by atoms with van der Waals surface area (Å²) in [6.07, 6.45) is 6.61. The number of carbonyl (C=O) groups is 2. The Morgan fingerprint density at radius 2 is 1.56 bits per heavy atom. The summed E-state index contributed by atoms with van der Waals surface area (Å²) in [6, 6.07) is 4.80. The fraction of sp³-hybridized carbons (Fsp3) is 0.714. The standard InChI is InChI=1S/C28H47N2O12P/c1-5-6-7-8-9-10-11-12-19-37-22-26(23-40-43(35,36)39-21-18-30(2,3)4)41-27(31)17-20-38-28(32)42-25-15-13-24(14-16-25)29(33)34/h13-16,26H,5-12,17-23H2,1-4H3/p+1. The second-order valence-electron chi connectivity index (χ2n) is 11.0. The Morgan fingerprint density at radius 3 is 2.16 bits per heavy atom. The maximum atomic E-state index is 12.4. The Balaban J connectivity index is 2.49. The molecule has 43 heavy (non-hydrogen) atoms. The van der Waals surface area contributed by atoms with Crippen LogP contribution < -0.4 is 4.74 Å². The minimum atomic E-state index is -4.40. The van der Waals surface area contributed by atoms with Crippen LogP contribution in [-0.4, -0.2) is 93.3 Å². The van der Waals surface area contributed by atoms with Gasteiger partial charge in [0, 0.05) is 18.7 Å². The molecular weight excluding hydrogens is 587 g/mol. The van der Waals surface area contributed by atoms with Crippen molar-refractivity contribution in [2.45, 2.75) is 70.8 Å². The first-order valence-corrected chi connectivity index (χ1v) is 16.1. The van der Waals surface area contributed by atoms with Gasteiger partial charge in [0.2, 0.25) is 0 Å². The Bertz CT molecular complexity index is 1000. The number of ether oxygens (including phenoxy) is 4. The molecule has 246 valence electrons. The van der Waals surface area contributed by atoms with Gasteiger partial charge < -0.3 is 28.3 Å². The van der Waals surface area contributed by atoms with Gasteiger partial charge in [-0.3, -0.25) is 24.0 Å². The number of non-ortho nitro benzene ring substituents is 1. The van der Waals surface area contributed by atoms with Crippen LogP contribution >= 0.6 is 7.82 Å². The van der Waals surface area contributed by atoms with Crippen molar-refractivity contribution in [1.29, 1.82) is 0 Å². The molecule has 0 aliphatic rings. The molecule has 15 heteroatoms. The Morgan fingerprint density at radius 1 is 0.930 bits per heavy atom. The van der Waals surface area contributed by atoms with Gasteiger partial charge in [0.1, 0.15) is 31.6 Å². The van der Waals surface area contributed by atoms with Gasteiger partial charge in [0.15, 0.2) is 0 Å². The quantitative estimate of drug-likeness (QED) is 0.0292. The third-order valence-corrected chi connectivity index (χ3v) is 6.94. The third kappa shape index (κ3) is 20.9. The van der Waals surface area contributed by atoms with Gasteiger partial charge in [0.05, 0.1) is 45.7 Å². The molecule has 1 aromatic carbocycles. The van der Waals surface area contributed by atoms with Crippen LogP contribution in [0, 0.1) is 10.1 Å². The molecule has 0 aliphatic heterocycles. The van der Waals surface area contributed by atoms with E-state index in [2.05, 4.69) is 6.92 Å². The zero-order chi connectivity index (χ0) is 32.1. The average molecular weight is 636 g/mol. The molecule has 0 amide bonds. The largest absolute Gasteiger partial charge is 0.513 e. The highest BCUT2D eigenvalue weighted by molar-refractivity contribution is 7.47. The minimum Gasteiger partial charge on any atom is -0.457 e. The van der Waals surface area contributed by atoms with Gasteiger partial charge in [-0.2, -0.15) is 0 Å². The molecule has 2 unspecified atom stereocenters. The molecular formula is C28H48N2O12P+. The second-order valence-corrected chi connectivity index (χ2v) is 12.4. The number of unbranched alkanes of at least 4 members (excludes halogenated alkanes) is 7. The van der Waals surface area contributed by atoms with Crippen LogP contribution in [0.15, 0.2) is 24.3 Å². The van der Waals surface area contributed by atoms with Gasteiger partial charge >= 0.3 is 19.9 Å². The lowest BCUT2D eigenvalue weighted by Crippen LogP contribution is -2.37. The van der Waals surface area contributed by atoms with Crippen LogP contribution in [-0.2, 0) is 32.6 Å². The Kier molecular flexibility index (Phi) is 18.9. The summed E-state index contributed by atoms with van der Waals surface area (Å²) in [5, 5.41) is 10.7. The van der Waals surface area contributed by atoms with Crippen LogP contribution in [0.3, 0.4) is 0 Å². The number of phosphoric acid groups is 1. The summed E-state index contributed by atoms with van der Waals surface area (Å²) in [5.41, 5.74) is -0.169. The highest BCUT2D eigenvalue weighted by Gasteiger charge is 2.26. The van der Waals surface area contributed by atoms with E-state index in [0.29, 0.717) is 17.6 Å². The number of benzene rings is 1. The van der Waals surface area contributed by atoms with E-state index in [1.807, 2.05) is 21.1 Å². The van der Waals surface area contributed by atoms with Gasteiger partial charge in [-0.25, -0.2) is 9.36 Å². The number of rotatable bonds is 24. The first-order chi connectivity index (χ1) is 20.3. The van der Waals surface area contributed by atoms with Gasteiger partial charge in [-0.1, -0.05) is 51.9 Å². The third-order valence-electron chi connectivity index (χ3n) is 5.96. The average Bonchev–Trinajstić information content (AvgIpc) is 2.92. The second kappa shape index (κ2) is 21.2. The number of nitrogens with zero attached hydrogens (tertiary/aromatic N) is 2. The highest BCUT2D eigenvalue weighted by atomic mass is 31.2. The zero-order valence-corrected chi connectivity index (χ0v) is 26.7. The van der Waals surface area contributed by atoms with E-state index in [4.69, 9.17) is 28.0 Å². The monoisotopic (exact) mass is 635 g/mol. The van der Waals surface area contributed by atoms with Crippen molar-refractivity contribution in [2.75, 3.05) is 60.7 Å². The van der Waals surface area contributed by atoms with E-state index in [9.17, 15) is 29.2 Å². The molecule has 0 radical (unpaired) electrons. The molecule has 0 saturated heterocycles. The molecule has 0 heterocycles. The molecule has 1 N–H and O–H groups in total. The van der Waals surface area contributed by atoms with E-state index in [1.54, 1.807) is 0 Å². The van der Waals surface area contributed by atoms with E-state index < -0.39 is 37.6 Å². The lowest BCUT2D eigenvalue weighted by atomic mass is 10.1. The summed E-state index contributed by atoms with van der Waals surface area (Å²) < 4.78 is 43.7. The maximum Gasteiger partial charge on any atom is 0.513 e. The van der Waals surface area contributed by atoms with Gasteiger partial charge in [0.25, 0.3) is 5.69 Å². The molecule has 1 rings (SSSR count). The zero-order valence-electron chi connectivity index (χ0n) is 25.8. The molecule has 0 aromatic heterocycles. The first kappa shape index (κ1) is 38.4. The lowest BCUT2D eigenvalue weighted by Gasteiger charge is -2.24. The van der Waals surface area contributed by atoms with Crippen LogP contribution in [0.2, 0.25) is 0 Å². The van der Waals surface area contributed by atoms with Gasteiger partial charge in [-0.05, 0) is 18.6 Å². The number of likely N-dealkylation sites (N-methyl/N-ethyl adjacent to an activating group) is 1.